The van der Waals surface area contributed by atoms with Crippen molar-refractivity contribution in [2.45, 2.75) is 38.9 Å². The summed E-state index contributed by atoms with van der Waals surface area (Å²) in [7, 11) is 1.18. The molecule has 0 aromatic heterocycles. The van der Waals surface area contributed by atoms with E-state index in [0.717, 1.165) is 18.2 Å². The summed E-state index contributed by atoms with van der Waals surface area (Å²) < 4.78 is 39.1. The normalized spacial score (nSPS) is 20.5. The minimum atomic E-state index is -0.597. The zero-order valence-corrected chi connectivity index (χ0v) is 13.7. The maximum absolute atomic E-state index is 13.8. The summed E-state index contributed by atoms with van der Waals surface area (Å²) in [4.78, 5) is 0. The monoisotopic (exact) mass is 309 g/mol. The molecule has 0 spiro atoms. The van der Waals surface area contributed by atoms with Gasteiger partial charge in [0.1, 0.15) is 11.6 Å². The van der Waals surface area contributed by atoms with Gasteiger partial charge in [-0.1, -0.05) is 6.08 Å². The van der Waals surface area contributed by atoms with Crippen LogP contribution in [0.5, 0.6) is 0 Å². The van der Waals surface area contributed by atoms with Gasteiger partial charge in [0.05, 0.1) is 11.2 Å². The highest BCUT2D eigenvalue weighted by Gasteiger charge is 2.52. The Morgan fingerprint density at radius 1 is 1.18 bits per heavy atom. The van der Waals surface area contributed by atoms with E-state index in [9.17, 15) is 8.78 Å². The quantitative estimate of drug-likeness (QED) is 0.867. The van der Waals surface area contributed by atoms with Crippen LogP contribution in [0.3, 0.4) is 0 Å². The Labute approximate surface area is 130 Å². The molecule has 0 amide bonds. The van der Waals surface area contributed by atoms with Crippen LogP contribution in [0.15, 0.2) is 23.7 Å². The van der Waals surface area contributed by atoms with Gasteiger partial charge < -0.3 is 14.6 Å². The van der Waals surface area contributed by atoms with E-state index in [1.54, 1.807) is 13.1 Å². The van der Waals surface area contributed by atoms with Crippen LogP contribution in [0.4, 0.5) is 8.78 Å². The molecule has 1 heterocycles. The topological polar surface area (TPSA) is 30.5 Å². The first kappa shape index (κ1) is 17.1. The molecule has 1 aliphatic heterocycles. The van der Waals surface area contributed by atoms with Gasteiger partial charge in [-0.3, -0.25) is 0 Å². The molecule has 0 unspecified atom stereocenters. The number of hydrogen-bond acceptors (Lipinski definition) is 3. The van der Waals surface area contributed by atoms with Gasteiger partial charge in [0.25, 0.3) is 0 Å². The summed E-state index contributed by atoms with van der Waals surface area (Å²) in [6.07, 6.45) is 1.58. The van der Waals surface area contributed by atoms with Gasteiger partial charge in [-0.05, 0) is 58.4 Å². The molecule has 2 rings (SSSR count). The van der Waals surface area contributed by atoms with Crippen molar-refractivity contribution in [1.29, 1.82) is 0 Å². The Balaban J connectivity index is 2.35. The molecule has 1 saturated heterocycles. The third-order valence-corrected chi connectivity index (χ3v) is 4.24. The molecular formula is C16H22BF2NO2. The molecule has 3 nitrogen and oxygen atoms in total. The van der Waals surface area contributed by atoms with Gasteiger partial charge in [0.2, 0.25) is 0 Å². The summed E-state index contributed by atoms with van der Waals surface area (Å²) in [5, 5.41) is 3.01. The van der Waals surface area contributed by atoms with E-state index < -0.39 is 30.0 Å². The number of likely N-dealkylation sites (N-methyl/N-ethyl adjacent to an activating group) is 1. The van der Waals surface area contributed by atoms with Crippen LogP contribution in [-0.4, -0.2) is 31.9 Å². The van der Waals surface area contributed by atoms with E-state index in [1.165, 1.54) is 0 Å². The van der Waals surface area contributed by atoms with Crippen LogP contribution in [0.25, 0.3) is 6.08 Å². The fourth-order valence-electron chi connectivity index (χ4n) is 2.23. The molecule has 22 heavy (non-hydrogen) atoms. The SMILES string of the molecule is CNCC(=Cc1cc(F)ccc1F)B1OC(C)(C)C(C)(C)O1. The van der Waals surface area contributed by atoms with Gasteiger partial charge >= 0.3 is 7.12 Å². The number of rotatable bonds is 4. The molecule has 1 aromatic carbocycles. The zero-order chi connectivity index (χ0) is 16.5. The Bertz CT molecular complexity index is 572. The van der Waals surface area contributed by atoms with Crippen molar-refractivity contribution in [3.05, 3.63) is 40.9 Å². The third-order valence-electron chi connectivity index (χ3n) is 4.24. The highest BCUT2D eigenvalue weighted by molar-refractivity contribution is 6.55. The second-order valence-corrected chi connectivity index (χ2v) is 6.50. The maximum atomic E-state index is 13.8. The van der Waals surface area contributed by atoms with Crippen molar-refractivity contribution in [2.75, 3.05) is 13.6 Å². The molecule has 0 bridgehead atoms. The molecule has 0 aliphatic carbocycles. The molecule has 0 saturated carbocycles. The van der Waals surface area contributed by atoms with Gasteiger partial charge in [0, 0.05) is 12.1 Å². The average Bonchev–Trinajstić information content (AvgIpc) is 2.62. The smallest absolute Gasteiger partial charge is 0.400 e. The van der Waals surface area contributed by atoms with Gasteiger partial charge in [-0.25, -0.2) is 8.78 Å². The number of benzene rings is 1. The number of nitrogens with one attached hydrogen (secondary N) is 1. The fourth-order valence-corrected chi connectivity index (χ4v) is 2.23. The summed E-state index contributed by atoms with van der Waals surface area (Å²) in [5.41, 5.74) is -0.0683. The lowest BCUT2D eigenvalue weighted by Gasteiger charge is -2.32. The van der Waals surface area contributed by atoms with E-state index in [0.29, 0.717) is 12.0 Å². The van der Waals surface area contributed by atoms with Crippen molar-refractivity contribution < 1.29 is 18.1 Å². The van der Waals surface area contributed by atoms with Crippen LogP contribution in [0.2, 0.25) is 0 Å². The largest absolute Gasteiger partial charge is 0.491 e. The molecule has 0 atom stereocenters. The Hall–Kier alpha value is -1.24. The first-order valence-corrected chi connectivity index (χ1v) is 7.32. The minimum Gasteiger partial charge on any atom is -0.400 e. The lowest BCUT2D eigenvalue weighted by molar-refractivity contribution is 0.00578. The average molecular weight is 309 g/mol. The molecule has 0 radical (unpaired) electrons. The van der Waals surface area contributed by atoms with Crippen LogP contribution in [0, 0.1) is 11.6 Å². The van der Waals surface area contributed by atoms with E-state index in [1.807, 2.05) is 27.7 Å². The zero-order valence-electron chi connectivity index (χ0n) is 13.7. The van der Waals surface area contributed by atoms with Crippen LogP contribution >= 0.6 is 0 Å². The van der Waals surface area contributed by atoms with Crippen molar-refractivity contribution in [3.63, 3.8) is 0 Å². The summed E-state index contributed by atoms with van der Waals surface area (Å²) in [6.45, 7) is 8.26. The van der Waals surface area contributed by atoms with Gasteiger partial charge in [-0.2, -0.15) is 0 Å². The first-order valence-electron chi connectivity index (χ1n) is 7.32. The van der Waals surface area contributed by atoms with Crippen molar-refractivity contribution >= 4 is 13.2 Å². The maximum Gasteiger partial charge on any atom is 0.491 e. The van der Waals surface area contributed by atoms with Crippen molar-refractivity contribution in [1.82, 2.24) is 5.32 Å². The second kappa shape index (κ2) is 6.10. The number of hydrogen-bond donors (Lipinski definition) is 1. The predicted molar refractivity (Wildman–Crippen MR) is 84.3 cm³/mol. The van der Waals surface area contributed by atoms with Crippen LogP contribution in [-0.2, 0) is 9.31 Å². The molecule has 1 aromatic rings. The fraction of sp³-hybridized carbons (Fsp3) is 0.500. The first-order chi connectivity index (χ1) is 10.2. The summed E-state index contributed by atoms with van der Waals surface area (Å²) in [5.74, 6) is -0.961. The lowest BCUT2D eigenvalue weighted by Crippen LogP contribution is -2.41. The Morgan fingerprint density at radius 3 is 2.32 bits per heavy atom. The van der Waals surface area contributed by atoms with Gasteiger partial charge in [0.15, 0.2) is 0 Å². The molecular weight excluding hydrogens is 287 g/mol. The highest BCUT2D eigenvalue weighted by atomic mass is 19.1. The second-order valence-electron chi connectivity index (χ2n) is 6.50. The molecule has 1 N–H and O–H groups in total. The van der Waals surface area contributed by atoms with Crippen molar-refractivity contribution in [2.24, 2.45) is 0 Å². The Morgan fingerprint density at radius 2 is 1.77 bits per heavy atom. The van der Waals surface area contributed by atoms with E-state index in [-0.39, 0.29) is 5.56 Å². The Kier molecular flexibility index (Phi) is 4.75. The molecule has 6 heteroatoms. The summed E-state index contributed by atoms with van der Waals surface area (Å²) >= 11 is 0. The molecule has 1 aliphatic rings. The van der Waals surface area contributed by atoms with E-state index in [4.69, 9.17) is 9.31 Å². The van der Waals surface area contributed by atoms with E-state index in [2.05, 4.69) is 5.32 Å². The lowest BCUT2D eigenvalue weighted by atomic mass is 9.77. The van der Waals surface area contributed by atoms with Crippen molar-refractivity contribution in [3.8, 4) is 0 Å². The third kappa shape index (κ3) is 3.40. The van der Waals surface area contributed by atoms with Crippen LogP contribution < -0.4 is 5.32 Å². The van der Waals surface area contributed by atoms with E-state index >= 15 is 0 Å². The number of halogens is 2. The molecule has 1 fully saturated rings. The molecule has 120 valence electrons. The van der Waals surface area contributed by atoms with Crippen LogP contribution in [0.1, 0.15) is 33.3 Å². The highest BCUT2D eigenvalue weighted by Crippen LogP contribution is 2.38. The van der Waals surface area contributed by atoms with Gasteiger partial charge in [-0.15, -0.1) is 0 Å². The summed E-state index contributed by atoms with van der Waals surface area (Å²) in [6, 6.07) is 3.37. The standard InChI is InChI=1S/C16H22BF2NO2/c1-15(2)16(3,4)22-17(21-15)12(10-20-5)8-11-9-13(18)6-7-14(11)19/h6-9,20H,10H2,1-5H3. The predicted octanol–water partition coefficient (Wildman–Crippen LogP) is 3.20. The minimum absolute atomic E-state index is 0.181.